The lowest BCUT2D eigenvalue weighted by atomic mass is 9.95. The van der Waals surface area contributed by atoms with E-state index in [-0.39, 0.29) is 0 Å². The predicted molar refractivity (Wildman–Crippen MR) is 84.1 cm³/mol. The molecule has 0 amide bonds. The molecule has 0 saturated heterocycles. The zero-order valence-electron chi connectivity index (χ0n) is 12.1. The van der Waals surface area contributed by atoms with E-state index in [1.807, 2.05) is 24.4 Å². The molecule has 0 bridgehead atoms. The molecule has 0 atom stereocenters. The van der Waals surface area contributed by atoms with Crippen molar-refractivity contribution >= 4 is 11.6 Å². The summed E-state index contributed by atoms with van der Waals surface area (Å²) < 4.78 is 0. The van der Waals surface area contributed by atoms with Crippen molar-refractivity contribution in [3.05, 3.63) is 42.5 Å². The monoisotopic (exact) mass is 283 g/mol. The van der Waals surface area contributed by atoms with Crippen LogP contribution >= 0.6 is 0 Å². The number of anilines is 2. The molecule has 0 radical (unpaired) electrons. The molecule has 5 heteroatoms. The Bertz CT molecular complexity index is 552. The minimum atomic E-state index is 0.555. The van der Waals surface area contributed by atoms with Crippen LogP contribution in [0.2, 0.25) is 0 Å². The van der Waals surface area contributed by atoms with E-state index in [0.29, 0.717) is 12.6 Å². The van der Waals surface area contributed by atoms with Gasteiger partial charge in [-0.1, -0.05) is 25.3 Å². The van der Waals surface area contributed by atoms with Gasteiger partial charge < -0.3 is 10.6 Å². The fraction of sp³-hybridized carbons (Fsp3) is 0.438. The Balaban J connectivity index is 1.57. The molecule has 2 heterocycles. The van der Waals surface area contributed by atoms with Crippen LogP contribution in [0.3, 0.4) is 0 Å². The van der Waals surface area contributed by atoms with Crippen LogP contribution in [0.4, 0.5) is 11.6 Å². The van der Waals surface area contributed by atoms with Gasteiger partial charge in [0, 0.05) is 31.0 Å². The van der Waals surface area contributed by atoms with Crippen LogP contribution in [0.5, 0.6) is 0 Å². The molecule has 21 heavy (non-hydrogen) atoms. The summed E-state index contributed by atoms with van der Waals surface area (Å²) in [5.74, 6) is 1.75. The highest BCUT2D eigenvalue weighted by atomic mass is 15.1. The van der Waals surface area contributed by atoms with Crippen LogP contribution in [-0.2, 0) is 6.54 Å². The molecule has 3 rings (SSSR count). The van der Waals surface area contributed by atoms with Gasteiger partial charge in [0.2, 0.25) is 0 Å². The molecule has 0 unspecified atom stereocenters. The smallest absolute Gasteiger partial charge is 0.131 e. The van der Waals surface area contributed by atoms with E-state index in [1.54, 1.807) is 12.5 Å². The normalized spacial score (nSPS) is 15.6. The van der Waals surface area contributed by atoms with E-state index < -0.39 is 0 Å². The molecule has 2 aromatic heterocycles. The van der Waals surface area contributed by atoms with Crippen LogP contribution < -0.4 is 10.6 Å². The highest BCUT2D eigenvalue weighted by Gasteiger charge is 2.13. The van der Waals surface area contributed by atoms with Crippen molar-refractivity contribution < 1.29 is 0 Å². The largest absolute Gasteiger partial charge is 0.367 e. The maximum absolute atomic E-state index is 4.31. The van der Waals surface area contributed by atoms with Crippen LogP contribution in [0.15, 0.2) is 36.9 Å². The van der Waals surface area contributed by atoms with Crippen molar-refractivity contribution in [1.82, 2.24) is 15.0 Å². The summed E-state index contributed by atoms with van der Waals surface area (Å²) >= 11 is 0. The lowest BCUT2D eigenvalue weighted by molar-refractivity contribution is 0.462. The van der Waals surface area contributed by atoms with Crippen LogP contribution in [-0.4, -0.2) is 21.0 Å². The summed E-state index contributed by atoms with van der Waals surface area (Å²) in [6.07, 6.45) is 11.7. The van der Waals surface area contributed by atoms with Crippen molar-refractivity contribution in [3.63, 3.8) is 0 Å². The van der Waals surface area contributed by atoms with Gasteiger partial charge in [-0.25, -0.2) is 9.97 Å². The fourth-order valence-electron chi connectivity index (χ4n) is 2.68. The Kier molecular flexibility index (Phi) is 4.61. The molecule has 0 spiro atoms. The van der Waals surface area contributed by atoms with Crippen molar-refractivity contribution in [2.75, 3.05) is 10.6 Å². The van der Waals surface area contributed by atoms with Crippen LogP contribution in [0.25, 0.3) is 0 Å². The van der Waals surface area contributed by atoms with Crippen molar-refractivity contribution in [2.24, 2.45) is 0 Å². The zero-order valence-corrected chi connectivity index (χ0v) is 12.1. The zero-order chi connectivity index (χ0) is 14.3. The van der Waals surface area contributed by atoms with E-state index in [9.17, 15) is 0 Å². The van der Waals surface area contributed by atoms with E-state index in [2.05, 4.69) is 25.6 Å². The van der Waals surface area contributed by atoms with E-state index >= 15 is 0 Å². The quantitative estimate of drug-likeness (QED) is 0.882. The molecular formula is C16H21N5. The van der Waals surface area contributed by atoms with E-state index in [0.717, 1.165) is 17.2 Å². The van der Waals surface area contributed by atoms with Crippen molar-refractivity contribution in [2.45, 2.75) is 44.7 Å². The molecule has 1 aliphatic carbocycles. The third-order valence-electron chi connectivity index (χ3n) is 3.82. The second-order valence-corrected chi connectivity index (χ2v) is 5.48. The Hall–Kier alpha value is -2.17. The Labute approximate surface area is 125 Å². The van der Waals surface area contributed by atoms with Crippen LogP contribution in [0, 0.1) is 0 Å². The van der Waals surface area contributed by atoms with Crippen molar-refractivity contribution in [1.29, 1.82) is 0 Å². The van der Waals surface area contributed by atoms with Gasteiger partial charge in [-0.2, -0.15) is 0 Å². The van der Waals surface area contributed by atoms with Gasteiger partial charge in [0.15, 0.2) is 0 Å². The number of aromatic nitrogens is 3. The van der Waals surface area contributed by atoms with Gasteiger partial charge >= 0.3 is 0 Å². The Morgan fingerprint density at radius 2 is 1.95 bits per heavy atom. The maximum Gasteiger partial charge on any atom is 0.131 e. The lowest BCUT2D eigenvalue weighted by Crippen LogP contribution is -2.22. The number of rotatable bonds is 5. The van der Waals surface area contributed by atoms with Gasteiger partial charge in [-0.3, -0.25) is 4.98 Å². The lowest BCUT2D eigenvalue weighted by Gasteiger charge is -2.23. The first-order chi connectivity index (χ1) is 10.4. The number of hydrogen-bond acceptors (Lipinski definition) is 5. The number of nitrogens with zero attached hydrogens (tertiary/aromatic N) is 3. The minimum absolute atomic E-state index is 0.555. The van der Waals surface area contributed by atoms with Crippen LogP contribution in [0.1, 0.15) is 37.7 Å². The fourth-order valence-corrected chi connectivity index (χ4v) is 2.68. The molecule has 1 fully saturated rings. The minimum Gasteiger partial charge on any atom is -0.367 e. The first-order valence-corrected chi connectivity index (χ1v) is 7.61. The first-order valence-electron chi connectivity index (χ1n) is 7.61. The summed E-state index contributed by atoms with van der Waals surface area (Å²) in [4.78, 5) is 12.7. The number of nitrogens with one attached hydrogen (secondary N) is 2. The summed E-state index contributed by atoms with van der Waals surface area (Å²) in [5.41, 5.74) is 1.14. The average molecular weight is 283 g/mol. The summed E-state index contributed by atoms with van der Waals surface area (Å²) in [6.45, 7) is 0.716. The Morgan fingerprint density at radius 3 is 2.76 bits per heavy atom. The van der Waals surface area contributed by atoms with Gasteiger partial charge in [0.25, 0.3) is 0 Å². The third-order valence-corrected chi connectivity index (χ3v) is 3.82. The van der Waals surface area contributed by atoms with E-state index in [4.69, 9.17) is 0 Å². The molecular weight excluding hydrogens is 262 g/mol. The molecule has 0 aliphatic heterocycles. The summed E-state index contributed by atoms with van der Waals surface area (Å²) in [7, 11) is 0. The molecule has 1 aliphatic rings. The van der Waals surface area contributed by atoms with Gasteiger partial charge in [-0.15, -0.1) is 0 Å². The Morgan fingerprint density at radius 1 is 1.10 bits per heavy atom. The van der Waals surface area contributed by atoms with Gasteiger partial charge in [0.1, 0.15) is 18.0 Å². The topological polar surface area (TPSA) is 62.7 Å². The summed E-state index contributed by atoms with van der Waals surface area (Å²) in [5, 5.41) is 6.82. The molecule has 0 aromatic carbocycles. The second kappa shape index (κ2) is 7.02. The molecule has 2 aromatic rings. The molecule has 110 valence electrons. The second-order valence-electron chi connectivity index (χ2n) is 5.48. The molecule has 2 N–H and O–H groups in total. The first kappa shape index (κ1) is 13.8. The molecule has 1 saturated carbocycles. The average Bonchev–Trinajstić information content (AvgIpc) is 2.55. The summed E-state index contributed by atoms with van der Waals surface area (Å²) in [6, 6.07) is 6.51. The maximum atomic E-state index is 4.31. The van der Waals surface area contributed by atoms with Gasteiger partial charge in [-0.05, 0) is 24.5 Å². The highest BCUT2D eigenvalue weighted by molar-refractivity contribution is 5.47. The standard InChI is InChI=1S/C16H21N5/c1-2-6-14(7-3-1)21-16-9-15(19-12-20-16)18-11-13-5-4-8-17-10-13/h4-5,8-10,12,14H,1-3,6-7,11H2,(H2,18,19,20,21). The highest BCUT2D eigenvalue weighted by Crippen LogP contribution is 2.21. The van der Waals surface area contributed by atoms with E-state index in [1.165, 1.54) is 32.1 Å². The number of hydrogen-bond donors (Lipinski definition) is 2. The molecule has 5 nitrogen and oxygen atoms in total. The predicted octanol–water partition coefficient (Wildman–Crippen LogP) is 3.23. The van der Waals surface area contributed by atoms with Gasteiger partial charge in [0.05, 0.1) is 0 Å². The SMILES string of the molecule is c1cncc(CNc2cc(NC3CCCCC3)ncn2)c1. The third kappa shape index (κ3) is 4.15. The number of pyridine rings is 1. The van der Waals surface area contributed by atoms with Crippen molar-refractivity contribution in [3.8, 4) is 0 Å².